The van der Waals surface area contributed by atoms with E-state index in [-0.39, 0.29) is 11.3 Å². The van der Waals surface area contributed by atoms with Crippen LogP contribution >= 0.6 is 0 Å². The smallest absolute Gasteiger partial charge is 0.345 e. The number of carbonyl (C=O) groups is 2. The maximum atomic E-state index is 12.2. The van der Waals surface area contributed by atoms with E-state index >= 15 is 0 Å². The van der Waals surface area contributed by atoms with Crippen LogP contribution in [0.2, 0.25) is 0 Å². The van der Waals surface area contributed by atoms with Gasteiger partial charge < -0.3 is 24.7 Å². The third-order valence-corrected chi connectivity index (χ3v) is 3.07. The first-order valence-electron chi connectivity index (χ1n) is 6.34. The van der Waals surface area contributed by atoms with Gasteiger partial charge in [0.1, 0.15) is 17.3 Å². The molecule has 8 nitrogen and oxygen atoms in total. The summed E-state index contributed by atoms with van der Waals surface area (Å²) in [7, 11) is 0. The maximum Gasteiger partial charge on any atom is 0.345 e. The third kappa shape index (κ3) is 2.74. The number of hydrogen-bond donors (Lipinski definition) is 2. The molecular formula is C14H14N2O6. The van der Waals surface area contributed by atoms with Crippen LogP contribution in [0, 0.1) is 17.2 Å². The lowest BCUT2D eigenvalue weighted by atomic mass is 9.84. The first-order valence-corrected chi connectivity index (χ1v) is 6.34. The van der Waals surface area contributed by atoms with Crippen LogP contribution in [0.15, 0.2) is 34.3 Å². The van der Waals surface area contributed by atoms with E-state index < -0.39 is 35.4 Å². The number of nitrogens with zero attached hydrogens (tertiary/aromatic N) is 1. The highest BCUT2D eigenvalue weighted by atomic mass is 16.8. The number of rotatable bonds is 4. The van der Waals surface area contributed by atoms with Crippen LogP contribution in [0.3, 0.4) is 0 Å². The van der Waals surface area contributed by atoms with Gasteiger partial charge in [-0.25, -0.2) is 4.79 Å². The Labute approximate surface area is 125 Å². The molecule has 0 bridgehead atoms. The van der Waals surface area contributed by atoms with Crippen molar-refractivity contribution >= 4 is 11.9 Å². The van der Waals surface area contributed by atoms with Crippen LogP contribution in [0.25, 0.3) is 0 Å². The standard InChI is InChI=1S/C14H14N2O6/c1-14(2)21-12(18)10(13(19)22-14)9(7(6-15)11(16)17)8-4-3-5-20-8/h3-5,7,9,18H,1-2H3,(H2,16,17)/t7-,9-/m0/s1. The molecule has 0 saturated heterocycles. The Morgan fingerprint density at radius 3 is 2.59 bits per heavy atom. The molecule has 2 rings (SSSR count). The zero-order valence-electron chi connectivity index (χ0n) is 11.9. The molecule has 1 aromatic rings. The summed E-state index contributed by atoms with van der Waals surface area (Å²) in [6, 6.07) is 4.66. The van der Waals surface area contributed by atoms with Crippen LogP contribution in [0.5, 0.6) is 0 Å². The summed E-state index contributed by atoms with van der Waals surface area (Å²) < 4.78 is 15.3. The van der Waals surface area contributed by atoms with Gasteiger partial charge in [0.05, 0.1) is 18.3 Å². The molecule has 3 N–H and O–H groups in total. The minimum Gasteiger partial charge on any atom is -0.480 e. The summed E-state index contributed by atoms with van der Waals surface area (Å²) in [5.74, 6) is -6.57. The van der Waals surface area contributed by atoms with Crippen molar-refractivity contribution < 1.29 is 28.6 Å². The van der Waals surface area contributed by atoms with Gasteiger partial charge in [-0.2, -0.15) is 5.26 Å². The third-order valence-electron chi connectivity index (χ3n) is 3.07. The molecule has 0 unspecified atom stereocenters. The van der Waals surface area contributed by atoms with E-state index in [1.54, 1.807) is 6.07 Å². The lowest BCUT2D eigenvalue weighted by molar-refractivity contribution is -0.222. The minimum atomic E-state index is -1.44. The number of furan rings is 1. The van der Waals surface area contributed by atoms with Crippen LogP contribution in [-0.2, 0) is 19.1 Å². The monoisotopic (exact) mass is 306 g/mol. The summed E-state index contributed by atoms with van der Waals surface area (Å²) in [5, 5.41) is 19.2. The zero-order valence-corrected chi connectivity index (χ0v) is 11.9. The average Bonchev–Trinajstić information content (AvgIpc) is 2.88. The molecule has 8 heteroatoms. The molecule has 2 atom stereocenters. The lowest BCUT2D eigenvalue weighted by Crippen LogP contribution is -2.40. The van der Waals surface area contributed by atoms with E-state index in [0.29, 0.717) is 0 Å². The molecule has 1 amide bonds. The molecule has 2 heterocycles. The van der Waals surface area contributed by atoms with Crippen molar-refractivity contribution in [2.24, 2.45) is 11.7 Å². The second-order valence-corrected chi connectivity index (χ2v) is 5.11. The fourth-order valence-corrected chi connectivity index (χ4v) is 2.18. The number of aliphatic hydroxyl groups is 1. The Bertz CT molecular complexity index is 668. The van der Waals surface area contributed by atoms with E-state index in [1.165, 1.54) is 32.2 Å². The zero-order chi connectivity index (χ0) is 16.5. The minimum absolute atomic E-state index is 0.104. The normalized spacial score (nSPS) is 19.6. The van der Waals surface area contributed by atoms with E-state index in [4.69, 9.17) is 19.6 Å². The average molecular weight is 306 g/mol. The van der Waals surface area contributed by atoms with Gasteiger partial charge in [-0.3, -0.25) is 4.79 Å². The molecule has 22 heavy (non-hydrogen) atoms. The van der Waals surface area contributed by atoms with Crippen LogP contribution < -0.4 is 5.73 Å². The number of amides is 1. The van der Waals surface area contributed by atoms with Crippen molar-refractivity contribution in [2.45, 2.75) is 25.6 Å². The summed E-state index contributed by atoms with van der Waals surface area (Å²) in [4.78, 5) is 23.7. The molecule has 0 aliphatic carbocycles. The van der Waals surface area contributed by atoms with Crippen molar-refractivity contribution in [1.29, 1.82) is 5.26 Å². The molecule has 1 aromatic heterocycles. The van der Waals surface area contributed by atoms with Gasteiger partial charge in [0.25, 0.3) is 11.7 Å². The molecule has 1 aliphatic heterocycles. The van der Waals surface area contributed by atoms with Crippen molar-refractivity contribution in [3.8, 4) is 6.07 Å². The molecule has 0 radical (unpaired) electrons. The van der Waals surface area contributed by atoms with Crippen molar-refractivity contribution in [2.75, 3.05) is 0 Å². The van der Waals surface area contributed by atoms with Crippen LogP contribution in [0.1, 0.15) is 25.5 Å². The van der Waals surface area contributed by atoms with Crippen LogP contribution in [0.4, 0.5) is 0 Å². The summed E-state index contributed by atoms with van der Waals surface area (Å²) >= 11 is 0. The van der Waals surface area contributed by atoms with Crippen molar-refractivity contribution in [3.05, 3.63) is 35.7 Å². The lowest BCUT2D eigenvalue weighted by Gasteiger charge is -2.33. The van der Waals surface area contributed by atoms with Crippen molar-refractivity contribution in [3.63, 3.8) is 0 Å². The van der Waals surface area contributed by atoms with Gasteiger partial charge in [-0.1, -0.05) is 0 Å². The predicted octanol–water partition coefficient (Wildman–Crippen LogP) is 1.07. The largest absolute Gasteiger partial charge is 0.480 e. The Morgan fingerprint density at radius 1 is 1.45 bits per heavy atom. The number of hydrogen-bond acceptors (Lipinski definition) is 7. The van der Waals surface area contributed by atoms with E-state index in [1.807, 2.05) is 0 Å². The summed E-state index contributed by atoms with van der Waals surface area (Å²) in [6.07, 6.45) is 1.30. The Hall–Kier alpha value is -2.95. The van der Waals surface area contributed by atoms with Crippen molar-refractivity contribution in [1.82, 2.24) is 0 Å². The fraction of sp³-hybridized carbons (Fsp3) is 0.357. The number of aliphatic hydroxyl groups excluding tert-OH is 1. The van der Waals surface area contributed by atoms with Gasteiger partial charge in [-0.05, 0) is 12.1 Å². The quantitative estimate of drug-likeness (QED) is 0.794. The topological polar surface area (TPSA) is 136 Å². The molecule has 1 aliphatic rings. The number of esters is 1. The highest BCUT2D eigenvalue weighted by Gasteiger charge is 2.45. The molecule has 116 valence electrons. The summed E-state index contributed by atoms with van der Waals surface area (Å²) in [6.45, 7) is 2.85. The Morgan fingerprint density at radius 2 is 2.14 bits per heavy atom. The highest BCUT2D eigenvalue weighted by Crippen LogP contribution is 2.38. The van der Waals surface area contributed by atoms with Gasteiger partial charge in [-0.15, -0.1) is 0 Å². The second-order valence-electron chi connectivity index (χ2n) is 5.11. The maximum absolute atomic E-state index is 12.2. The molecule has 0 saturated carbocycles. The highest BCUT2D eigenvalue weighted by molar-refractivity contribution is 5.93. The molecule has 0 aromatic carbocycles. The number of nitrogens with two attached hydrogens (primary N) is 1. The Kier molecular flexibility index (Phi) is 3.82. The first-order chi connectivity index (χ1) is 10.3. The number of cyclic esters (lactones) is 1. The van der Waals surface area contributed by atoms with Gasteiger partial charge >= 0.3 is 5.97 Å². The Balaban J connectivity index is 2.58. The number of primary amides is 1. The molecule has 0 fully saturated rings. The first kappa shape index (κ1) is 15.4. The van der Waals surface area contributed by atoms with Crippen LogP contribution in [-0.4, -0.2) is 22.8 Å². The number of nitriles is 1. The van der Waals surface area contributed by atoms with E-state index in [0.717, 1.165) is 0 Å². The van der Waals surface area contributed by atoms with Gasteiger partial charge in [0.15, 0.2) is 0 Å². The van der Waals surface area contributed by atoms with E-state index in [9.17, 15) is 20.0 Å². The molecular weight excluding hydrogens is 292 g/mol. The number of ether oxygens (including phenoxy) is 2. The summed E-state index contributed by atoms with van der Waals surface area (Å²) in [5.41, 5.74) is 4.82. The van der Waals surface area contributed by atoms with Gasteiger partial charge in [0, 0.05) is 13.8 Å². The second kappa shape index (κ2) is 5.44. The fourth-order valence-electron chi connectivity index (χ4n) is 2.18. The molecule has 0 spiro atoms. The number of carbonyl (C=O) groups excluding carboxylic acids is 2. The predicted molar refractivity (Wildman–Crippen MR) is 70.7 cm³/mol. The SMILES string of the molecule is CC1(C)OC(=O)C([C@H](c2ccco2)[C@H](C#N)C(N)=O)=C(O)O1. The van der Waals surface area contributed by atoms with Gasteiger partial charge in [0.2, 0.25) is 5.91 Å². The van der Waals surface area contributed by atoms with E-state index in [2.05, 4.69) is 0 Å².